The van der Waals surface area contributed by atoms with Crippen molar-refractivity contribution in [3.8, 4) is 0 Å². The molecule has 2 nitrogen and oxygen atoms in total. The maximum Gasteiger partial charge on any atom is 0.141 e. The molecular weight excluding hydrogens is 246 g/mol. The molecule has 0 aliphatic carbocycles. The van der Waals surface area contributed by atoms with Gasteiger partial charge in [-0.3, -0.25) is 4.98 Å². The van der Waals surface area contributed by atoms with Crippen molar-refractivity contribution in [3.05, 3.63) is 65.0 Å². The van der Waals surface area contributed by atoms with E-state index in [1.165, 1.54) is 18.2 Å². The molecule has 0 radical (unpaired) electrons. The lowest BCUT2D eigenvalue weighted by molar-refractivity contribution is 0.491. The third-order valence-corrected chi connectivity index (χ3v) is 3.42. The SMILES string of the molecule is CCC(N)(c1ccc(F)cn1)c1cc(F)ccc1C. The van der Waals surface area contributed by atoms with Gasteiger partial charge in [0.2, 0.25) is 0 Å². The van der Waals surface area contributed by atoms with E-state index in [1.807, 2.05) is 13.8 Å². The van der Waals surface area contributed by atoms with E-state index in [9.17, 15) is 8.78 Å². The first-order valence-corrected chi connectivity index (χ1v) is 6.15. The third-order valence-electron chi connectivity index (χ3n) is 3.42. The summed E-state index contributed by atoms with van der Waals surface area (Å²) in [6.45, 7) is 3.77. The van der Waals surface area contributed by atoms with Gasteiger partial charge in [-0.05, 0) is 48.7 Å². The molecule has 0 fully saturated rings. The van der Waals surface area contributed by atoms with Gasteiger partial charge in [0.05, 0.1) is 17.4 Å². The zero-order valence-electron chi connectivity index (χ0n) is 11.0. The molecule has 2 N–H and O–H groups in total. The molecule has 0 spiro atoms. The fourth-order valence-electron chi connectivity index (χ4n) is 2.22. The summed E-state index contributed by atoms with van der Waals surface area (Å²) in [5.74, 6) is -0.760. The number of aryl methyl sites for hydroxylation is 1. The van der Waals surface area contributed by atoms with Crippen molar-refractivity contribution in [3.63, 3.8) is 0 Å². The van der Waals surface area contributed by atoms with Crippen LogP contribution in [0.3, 0.4) is 0 Å². The largest absolute Gasteiger partial charge is 0.316 e. The molecule has 2 rings (SSSR count). The van der Waals surface area contributed by atoms with E-state index in [0.717, 1.165) is 11.8 Å². The minimum Gasteiger partial charge on any atom is -0.316 e. The summed E-state index contributed by atoms with van der Waals surface area (Å²) in [4.78, 5) is 4.05. The van der Waals surface area contributed by atoms with Crippen LogP contribution in [0, 0.1) is 18.6 Å². The number of halogens is 2. The zero-order valence-corrected chi connectivity index (χ0v) is 11.0. The smallest absolute Gasteiger partial charge is 0.141 e. The van der Waals surface area contributed by atoms with E-state index in [4.69, 9.17) is 5.73 Å². The van der Waals surface area contributed by atoms with Crippen molar-refractivity contribution in [1.82, 2.24) is 4.98 Å². The summed E-state index contributed by atoms with van der Waals surface area (Å²) in [6, 6.07) is 7.36. The Kier molecular flexibility index (Phi) is 3.62. The lowest BCUT2D eigenvalue weighted by atomic mass is 9.82. The van der Waals surface area contributed by atoms with Crippen LogP contribution in [0.2, 0.25) is 0 Å². The predicted molar refractivity (Wildman–Crippen MR) is 70.6 cm³/mol. The third kappa shape index (κ3) is 2.49. The number of nitrogens with zero attached hydrogens (tertiary/aromatic N) is 1. The second kappa shape index (κ2) is 5.05. The van der Waals surface area contributed by atoms with Crippen molar-refractivity contribution in [2.75, 3.05) is 0 Å². The van der Waals surface area contributed by atoms with Crippen molar-refractivity contribution in [2.24, 2.45) is 5.73 Å². The van der Waals surface area contributed by atoms with Crippen molar-refractivity contribution in [1.29, 1.82) is 0 Å². The van der Waals surface area contributed by atoms with Gasteiger partial charge in [0.1, 0.15) is 11.6 Å². The fraction of sp³-hybridized carbons (Fsp3) is 0.267. The molecule has 1 aromatic carbocycles. The first-order valence-electron chi connectivity index (χ1n) is 6.15. The first kappa shape index (κ1) is 13.6. The van der Waals surface area contributed by atoms with Gasteiger partial charge in [0, 0.05) is 0 Å². The standard InChI is InChI=1S/C15H16F2N2/c1-3-15(18,14-7-6-12(17)9-19-14)13-8-11(16)5-4-10(13)2/h4-9H,3,18H2,1-2H3. The van der Waals surface area contributed by atoms with Crippen molar-refractivity contribution < 1.29 is 8.78 Å². The van der Waals surface area contributed by atoms with E-state index >= 15 is 0 Å². The average molecular weight is 262 g/mol. The van der Waals surface area contributed by atoms with Crippen LogP contribution in [0.25, 0.3) is 0 Å². The second-order valence-corrected chi connectivity index (χ2v) is 4.65. The zero-order chi connectivity index (χ0) is 14.0. The highest BCUT2D eigenvalue weighted by atomic mass is 19.1. The van der Waals surface area contributed by atoms with Crippen LogP contribution in [-0.4, -0.2) is 4.98 Å². The number of hydrogen-bond donors (Lipinski definition) is 1. The molecule has 0 saturated carbocycles. The molecule has 1 heterocycles. The van der Waals surface area contributed by atoms with Gasteiger partial charge in [0.25, 0.3) is 0 Å². The summed E-state index contributed by atoms with van der Waals surface area (Å²) in [7, 11) is 0. The van der Waals surface area contributed by atoms with Crippen LogP contribution in [0.4, 0.5) is 8.78 Å². The normalized spacial score (nSPS) is 14.2. The van der Waals surface area contributed by atoms with Gasteiger partial charge in [-0.2, -0.15) is 0 Å². The van der Waals surface area contributed by atoms with Gasteiger partial charge < -0.3 is 5.73 Å². The van der Waals surface area contributed by atoms with E-state index in [1.54, 1.807) is 12.1 Å². The molecule has 0 saturated heterocycles. The molecule has 0 bridgehead atoms. The number of aromatic nitrogens is 1. The minimum atomic E-state index is -0.917. The average Bonchev–Trinajstić information content (AvgIpc) is 2.41. The van der Waals surface area contributed by atoms with Gasteiger partial charge in [0.15, 0.2) is 0 Å². The second-order valence-electron chi connectivity index (χ2n) is 4.65. The van der Waals surface area contributed by atoms with Crippen LogP contribution in [0.5, 0.6) is 0 Å². The Balaban J connectivity index is 2.59. The van der Waals surface area contributed by atoms with E-state index < -0.39 is 11.4 Å². The molecule has 0 aliphatic rings. The van der Waals surface area contributed by atoms with E-state index in [-0.39, 0.29) is 5.82 Å². The summed E-state index contributed by atoms with van der Waals surface area (Å²) in [5.41, 5.74) is 7.58. The number of hydrogen-bond acceptors (Lipinski definition) is 2. The number of nitrogens with two attached hydrogens (primary N) is 1. The first-order chi connectivity index (χ1) is 8.97. The molecule has 2 aromatic rings. The molecule has 4 heteroatoms. The van der Waals surface area contributed by atoms with Crippen LogP contribution < -0.4 is 5.73 Å². The Morgan fingerprint density at radius 3 is 2.42 bits per heavy atom. The highest BCUT2D eigenvalue weighted by molar-refractivity contribution is 5.39. The van der Waals surface area contributed by atoms with Gasteiger partial charge in [-0.25, -0.2) is 8.78 Å². The highest BCUT2D eigenvalue weighted by Crippen LogP contribution is 2.31. The van der Waals surface area contributed by atoms with Crippen LogP contribution in [0.1, 0.15) is 30.2 Å². The fourth-order valence-corrected chi connectivity index (χ4v) is 2.22. The van der Waals surface area contributed by atoms with Crippen molar-refractivity contribution >= 4 is 0 Å². The Bertz CT molecular complexity index is 581. The summed E-state index contributed by atoms with van der Waals surface area (Å²) in [6.07, 6.45) is 1.66. The van der Waals surface area contributed by atoms with Crippen molar-refractivity contribution in [2.45, 2.75) is 25.8 Å². The quantitative estimate of drug-likeness (QED) is 0.922. The molecule has 0 amide bonds. The molecule has 19 heavy (non-hydrogen) atoms. The Labute approximate surface area is 111 Å². The lowest BCUT2D eigenvalue weighted by Crippen LogP contribution is -2.39. The van der Waals surface area contributed by atoms with Gasteiger partial charge in [-0.15, -0.1) is 0 Å². The summed E-state index contributed by atoms with van der Waals surface area (Å²) < 4.78 is 26.4. The monoisotopic (exact) mass is 262 g/mol. The van der Waals surface area contributed by atoms with Gasteiger partial charge in [-0.1, -0.05) is 13.0 Å². The summed E-state index contributed by atoms with van der Waals surface area (Å²) >= 11 is 0. The van der Waals surface area contributed by atoms with Crippen LogP contribution >= 0.6 is 0 Å². The lowest BCUT2D eigenvalue weighted by Gasteiger charge is -2.29. The topological polar surface area (TPSA) is 38.9 Å². The maximum atomic E-state index is 13.5. The molecule has 1 unspecified atom stereocenters. The number of rotatable bonds is 3. The van der Waals surface area contributed by atoms with E-state index in [2.05, 4.69) is 4.98 Å². The molecule has 100 valence electrons. The Hall–Kier alpha value is -1.81. The van der Waals surface area contributed by atoms with Crippen LogP contribution in [0.15, 0.2) is 36.5 Å². The number of benzene rings is 1. The van der Waals surface area contributed by atoms with Crippen LogP contribution in [-0.2, 0) is 5.54 Å². The minimum absolute atomic E-state index is 0.342. The molecule has 0 aliphatic heterocycles. The highest BCUT2D eigenvalue weighted by Gasteiger charge is 2.31. The summed E-state index contributed by atoms with van der Waals surface area (Å²) in [5, 5.41) is 0. The predicted octanol–water partition coefficient (Wildman–Crippen LogP) is 3.28. The Morgan fingerprint density at radius 2 is 1.84 bits per heavy atom. The molecular formula is C15H16F2N2. The maximum absolute atomic E-state index is 13.5. The Morgan fingerprint density at radius 1 is 1.16 bits per heavy atom. The number of pyridine rings is 1. The molecule has 1 aromatic heterocycles. The van der Waals surface area contributed by atoms with E-state index in [0.29, 0.717) is 17.7 Å². The molecule has 1 atom stereocenters. The van der Waals surface area contributed by atoms with Gasteiger partial charge >= 0.3 is 0 Å².